The molecule has 2 heterocycles. The van der Waals surface area contributed by atoms with Gasteiger partial charge in [0.1, 0.15) is 5.82 Å². The smallest absolute Gasteiger partial charge is 0.269 e. The number of carbonyl (C=O) groups excluding carboxylic acids is 1. The van der Waals surface area contributed by atoms with Gasteiger partial charge in [0.25, 0.3) is 5.69 Å². The molecule has 1 atom stereocenters. The summed E-state index contributed by atoms with van der Waals surface area (Å²) in [5.41, 5.74) is 4.34. The number of nitrogens with one attached hydrogen (secondary N) is 1. The van der Waals surface area contributed by atoms with Crippen molar-refractivity contribution in [2.24, 2.45) is 0 Å². The fraction of sp³-hybridized carbons (Fsp3) is 0.0833. The van der Waals surface area contributed by atoms with E-state index in [4.69, 9.17) is 5.10 Å². The van der Waals surface area contributed by atoms with E-state index in [-0.39, 0.29) is 17.5 Å². The van der Waals surface area contributed by atoms with Gasteiger partial charge < -0.3 is 5.32 Å². The highest BCUT2D eigenvalue weighted by Crippen LogP contribution is 2.43. The lowest BCUT2D eigenvalue weighted by atomic mass is 9.84. The summed E-state index contributed by atoms with van der Waals surface area (Å²) in [5.74, 6) is 0.355. The van der Waals surface area contributed by atoms with Crippen LogP contribution in [0.5, 0.6) is 0 Å². The molecule has 1 aliphatic heterocycles. The number of nitro benzene ring substituents is 1. The van der Waals surface area contributed by atoms with E-state index >= 15 is 0 Å². The number of non-ortho nitro benzene ring substituents is 1. The molecule has 1 aliphatic rings. The lowest BCUT2D eigenvalue weighted by Gasteiger charge is -2.24. The fourth-order valence-electron chi connectivity index (χ4n) is 4.03. The normalized spacial score (nSPS) is 15.2. The topological polar surface area (TPSA) is 90.1 Å². The summed E-state index contributed by atoms with van der Waals surface area (Å²) in [4.78, 5) is 23.2. The molecule has 0 unspecified atom stereocenters. The number of fused-ring (bicyclic) bond motifs is 1. The van der Waals surface area contributed by atoms with E-state index in [0.29, 0.717) is 17.9 Å². The van der Waals surface area contributed by atoms with E-state index in [1.807, 2.05) is 60.7 Å². The SMILES string of the molecule is O=C1C[C@H](c2ccccc2)c2c(-c3ccccc3)nn(-c3ccc([N+](=O)[O-])cc3)c2N1. The van der Waals surface area contributed by atoms with Crippen LogP contribution in [0.1, 0.15) is 23.5 Å². The maximum Gasteiger partial charge on any atom is 0.269 e. The first-order valence-corrected chi connectivity index (χ1v) is 9.90. The van der Waals surface area contributed by atoms with Crippen molar-refractivity contribution in [3.8, 4) is 16.9 Å². The van der Waals surface area contributed by atoms with Gasteiger partial charge in [-0.2, -0.15) is 5.10 Å². The molecule has 31 heavy (non-hydrogen) atoms. The molecular weight excluding hydrogens is 392 g/mol. The van der Waals surface area contributed by atoms with Gasteiger partial charge >= 0.3 is 0 Å². The number of nitrogens with zero attached hydrogens (tertiary/aromatic N) is 3. The van der Waals surface area contributed by atoms with Gasteiger partial charge in [0.05, 0.1) is 16.3 Å². The predicted molar refractivity (Wildman–Crippen MR) is 117 cm³/mol. The second-order valence-electron chi connectivity index (χ2n) is 7.38. The second-order valence-corrected chi connectivity index (χ2v) is 7.38. The Hall–Kier alpha value is -4.26. The van der Waals surface area contributed by atoms with Crippen LogP contribution in [0.25, 0.3) is 16.9 Å². The lowest BCUT2D eigenvalue weighted by Crippen LogP contribution is -2.24. The molecule has 3 aromatic carbocycles. The highest BCUT2D eigenvalue weighted by atomic mass is 16.6. The summed E-state index contributed by atoms with van der Waals surface area (Å²) in [6, 6.07) is 25.9. The minimum Gasteiger partial charge on any atom is -0.310 e. The van der Waals surface area contributed by atoms with Gasteiger partial charge in [-0.1, -0.05) is 60.7 Å². The molecule has 0 saturated heterocycles. The molecule has 152 valence electrons. The molecule has 0 radical (unpaired) electrons. The standard InChI is InChI=1S/C24H18N4O3/c29-21-15-20(16-7-3-1-4-8-16)22-23(17-9-5-2-6-10-17)26-27(24(22)25-21)18-11-13-19(14-12-18)28(30)31/h1-14,20H,15H2,(H,25,29)/t20-/m1/s1. The Kier molecular flexibility index (Phi) is 4.55. The van der Waals surface area contributed by atoms with Crippen molar-refractivity contribution in [1.82, 2.24) is 9.78 Å². The van der Waals surface area contributed by atoms with Gasteiger partial charge in [0.15, 0.2) is 0 Å². The van der Waals surface area contributed by atoms with Crippen molar-refractivity contribution in [3.05, 3.63) is 106 Å². The average molecular weight is 410 g/mol. The molecular formula is C24H18N4O3. The summed E-state index contributed by atoms with van der Waals surface area (Å²) in [7, 11) is 0. The molecule has 0 spiro atoms. The maximum absolute atomic E-state index is 12.6. The summed E-state index contributed by atoms with van der Waals surface area (Å²) in [6.45, 7) is 0. The average Bonchev–Trinajstić information content (AvgIpc) is 3.19. The van der Waals surface area contributed by atoms with Crippen molar-refractivity contribution < 1.29 is 9.72 Å². The van der Waals surface area contributed by atoms with E-state index in [1.54, 1.807) is 16.8 Å². The Labute approximate surface area is 178 Å². The molecule has 0 aliphatic carbocycles. The molecule has 5 rings (SSSR count). The van der Waals surface area contributed by atoms with Crippen LogP contribution in [0, 0.1) is 10.1 Å². The third kappa shape index (κ3) is 3.36. The van der Waals surface area contributed by atoms with Crippen LogP contribution in [0.3, 0.4) is 0 Å². The van der Waals surface area contributed by atoms with E-state index in [0.717, 1.165) is 22.4 Å². The zero-order valence-electron chi connectivity index (χ0n) is 16.4. The van der Waals surface area contributed by atoms with E-state index < -0.39 is 4.92 Å². The lowest BCUT2D eigenvalue weighted by molar-refractivity contribution is -0.384. The van der Waals surface area contributed by atoms with Crippen LogP contribution in [0.15, 0.2) is 84.9 Å². The number of rotatable bonds is 4. The summed E-state index contributed by atoms with van der Waals surface area (Å²) in [6.07, 6.45) is 0.322. The number of anilines is 1. The highest BCUT2D eigenvalue weighted by molar-refractivity contribution is 5.96. The van der Waals surface area contributed by atoms with E-state index in [1.165, 1.54) is 12.1 Å². The maximum atomic E-state index is 12.6. The summed E-state index contributed by atoms with van der Waals surface area (Å²) >= 11 is 0. The number of amides is 1. The van der Waals surface area contributed by atoms with Crippen LogP contribution < -0.4 is 5.32 Å². The molecule has 1 N–H and O–H groups in total. The Balaban J connectivity index is 1.74. The Bertz CT molecular complexity index is 1270. The first-order chi connectivity index (χ1) is 15.1. The zero-order valence-corrected chi connectivity index (χ0v) is 16.4. The summed E-state index contributed by atoms with van der Waals surface area (Å²) in [5, 5.41) is 18.9. The van der Waals surface area contributed by atoms with Crippen molar-refractivity contribution >= 4 is 17.4 Å². The van der Waals surface area contributed by atoms with Crippen LogP contribution in [0.4, 0.5) is 11.5 Å². The molecule has 1 amide bonds. The molecule has 7 heteroatoms. The first kappa shape index (κ1) is 18.7. The molecule has 1 aromatic heterocycles. The van der Waals surface area contributed by atoms with Gasteiger partial charge in [-0.3, -0.25) is 14.9 Å². The molecule has 4 aromatic rings. The van der Waals surface area contributed by atoms with Crippen LogP contribution in [-0.2, 0) is 4.79 Å². The van der Waals surface area contributed by atoms with Crippen LogP contribution >= 0.6 is 0 Å². The molecule has 0 fully saturated rings. The number of carbonyl (C=O) groups is 1. The van der Waals surface area contributed by atoms with Gasteiger partial charge in [0.2, 0.25) is 5.91 Å². The van der Waals surface area contributed by atoms with Gasteiger partial charge in [0, 0.05) is 35.6 Å². The number of hydrogen-bond donors (Lipinski definition) is 1. The van der Waals surface area contributed by atoms with Crippen LogP contribution in [-0.4, -0.2) is 20.6 Å². The monoisotopic (exact) mass is 410 g/mol. The van der Waals surface area contributed by atoms with Gasteiger partial charge in [-0.05, 0) is 17.7 Å². The Morgan fingerprint density at radius 2 is 1.58 bits per heavy atom. The number of hydrogen-bond acceptors (Lipinski definition) is 4. The third-order valence-corrected chi connectivity index (χ3v) is 5.47. The fourth-order valence-corrected chi connectivity index (χ4v) is 4.03. The Morgan fingerprint density at radius 3 is 2.23 bits per heavy atom. The van der Waals surface area contributed by atoms with Gasteiger partial charge in [-0.15, -0.1) is 0 Å². The number of benzene rings is 3. The van der Waals surface area contributed by atoms with Crippen LogP contribution in [0.2, 0.25) is 0 Å². The van der Waals surface area contributed by atoms with Crippen molar-refractivity contribution in [2.45, 2.75) is 12.3 Å². The molecule has 7 nitrogen and oxygen atoms in total. The largest absolute Gasteiger partial charge is 0.310 e. The number of nitro groups is 1. The van der Waals surface area contributed by atoms with Crippen molar-refractivity contribution in [1.29, 1.82) is 0 Å². The zero-order chi connectivity index (χ0) is 21.4. The first-order valence-electron chi connectivity index (χ1n) is 9.90. The minimum atomic E-state index is -0.440. The quantitative estimate of drug-likeness (QED) is 0.382. The van der Waals surface area contributed by atoms with Crippen molar-refractivity contribution in [2.75, 3.05) is 5.32 Å². The van der Waals surface area contributed by atoms with Crippen molar-refractivity contribution in [3.63, 3.8) is 0 Å². The predicted octanol–water partition coefficient (Wildman–Crippen LogP) is 4.92. The third-order valence-electron chi connectivity index (χ3n) is 5.47. The van der Waals surface area contributed by atoms with E-state index in [9.17, 15) is 14.9 Å². The second kappa shape index (κ2) is 7.53. The minimum absolute atomic E-state index is 0.000691. The summed E-state index contributed by atoms with van der Waals surface area (Å²) < 4.78 is 1.66. The van der Waals surface area contributed by atoms with Gasteiger partial charge in [-0.25, -0.2) is 4.68 Å². The molecule has 0 bridgehead atoms. The highest BCUT2D eigenvalue weighted by Gasteiger charge is 2.34. The molecule has 0 saturated carbocycles. The number of aromatic nitrogens is 2. The Morgan fingerprint density at radius 1 is 0.935 bits per heavy atom. The van der Waals surface area contributed by atoms with E-state index in [2.05, 4.69) is 5.32 Å².